The SMILES string of the molecule is CCCOc1ccccc1/C=C/CCNC(C)C. The van der Waals surface area contributed by atoms with Gasteiger partial charge in [-0.05, 0) is 25.5 Å². The molecule has 0 amide bonds. The standard InChI is InChI=1S/C16H25NO/c1-4-13-18-16-11-6-5-9-15(16)10-7-8-12-17-14(2)3/h5-7,9-11,14,17H,4,8,12-13H2,1-3H3/b10-7+. The van der Waals surface area contributed by atoms with E-state index in [2.05, 4.69) is 44.3 Å². The first-order valence-electron chi connectivity index (χ1n) is 6.85. The average molecular weight is 247 g/mol. The molecule has 1 aromatic carbocycles. The van der Waals surface area contributed by atoms with Crippen molar-refractivity contribution >= 4 is 6.08 Å². The zero-order chi connectivity index (χ0) is 13.2. The fourth-order valence-corrected chi connectivity index (χ4v) is 1.63. The van der Waals surface area contributed by atoms with Gasteiger partial charge in [-0.1, -0.05) is 51.1 Å². The summed E-state index contributed by atoms with van der Waals surface area (Å²) in [5.41, 5.74) is 1.16. The highest BCUT2D eigenvalue weighted by Crippen LogP contribution is 2.19. The Hall–Kier alpha value is -1.28. The molecule has 1 rings (SSSR count). The molecule has 2 nitrogen and oxygen atoms in total. The molecule has 0 unspecified atom stereocenters. The Labute approximate surface area is 111 Å². The van der Waals surface area contributed by atoms with Crippen molar-refractivity contribution in [1.29, 1.82) is 0 Å². The van der Waals surface area contributed by atoms with Gasteiger partial charge < -0.3 is 10.1 Å². The Morgan fingerprint density at radius 1 is 1.28 bits per heavy atom. The van der Waals surface area contributed by atoms with Crippen LogP contribution in [0.2, 0.25) is 0 Å². The third-order valence-electron chi connectivity index (χ3n) is 2.54. The molecule has 1 aromatic rings. The molecule has 1 N–H and O–H groups in total. The predicted molar refractivity (Wildman–Crippen MR) is 79.0 cm³/mol. The van der Waals surface area contributed by atoms with E-state index in [9.17, 15) is 0 Å². The lowest BCUT2D eigenvalue weighted by molar-refractivity contribution is 0.317. The highest BCUT2D eigenvalue weighted by molar-refractivity contribution is 5.57. The lowest BCUT2D eigenvalue weighted by Crippen LogP contribution is -2.23. The number of rotatable bonds is 8. The summed E-state index contributed by atoms with van der Waals surface area (Å²) < 4.78 is 5.71. The monoisotopic (exact) mass is 247 g/mol. The molecule has 0 aromatic heterocycles. The minimum Gasteiger partial charge on any atom is -0.493 e. The van der Waals surface area contributed by atoms with Gasteiger partial charge in [-0.2, -0.15) is 0 Å². The highest BCUT2D eigenvalue weighted by atomic mass is 16.5. The molecule has 2 heteroatoms. The first-order chi connectivity index (χ1) is 8.74. The van der Waals surface area contributed by atoms with E-state index in [0.29, 0.717) is 6.04 Å². The van der Waals surface area contributed by atoms with Gasteiger partial charge in [0.15, 0.2) is 0 Å². The topological polar surface area (TPSA) is 21.3 Å². The van der Waals surface area contributed by atoms with Crippen LogP contribution in [0, 0.1) is 0 Å². The van der Waals surface area contributed by atoms with Crippen LogP contribution in [0.5, 0.6) is 5.75 Å². The van der Waals surface area contributed by atoms with Gasteiger partial charge in [-0.25, -0.2) is 0 Å². The molecule has 0 fully saturated rings. The summed E-state index contributed by atoms with van der Waals surface area (Å²) in [5, 5.41) is 3.40. The maximum atomic E-state index is 5.71. The van der Waals surface area contributed by atoms with Crippen LogP contribution in [0.15, 0.2) is 30.3 Å². The number of para-hydroxylation sites is 1. The van der Waals surface area contributed by atoms with Crippen molar-refractivity contribution in [1.82, 2.24) is 5.32 Å². The summed E-state index contributed by atoms with van der Waals surface area (Å²) in [7, 11) is 0. The van der Waals surface area contributed by atoms with Crippen molar-refractivity contribution in [3.05, 3.63) is 35.9 Å². The first kappa shape index (κ1) is 14.8. The van der Waals surface area contributed by atoms with Gasteiger partial charge in [0, 0.05) is 11.6 Å². The van der Waals surface area contributed by atoms with Gasteiger partial charge >= 0.3 is 0 Å². The van der Waals surface area contributed by atoms with Crippen molar-refractivity contribution in [3.63, 3.8) is 0 Å². The summed E-state index contributed by atoms with van der Waals surface area (Å²) in [5.74, 6) is 0.979. The Kier molecular flexibility index (Phi) is 7.19. The third kappa shape index (κ3) is 5.87. The zero-order valence-electron chi connectivity index (χ0n) is 11.8. The molecular formula is C16H25NO. The van der Waals surface area contributed by atoms with Gasteiger partial charge in [0.25, 0.3) is 0 Å². The van der Waals surface area contributed by atoms with Crippen LogP contribution in [-0.4, -0.2) is 19.2 Å². The normalized spacial score (nSPS) is 11.3. The molecule has 0 saturated heterocycles. The minimum absolute atomic E-state index is 0.554. The number of hydrogen-bond donors (Lipinski definition) is 1. The van der Waals surface area contributed by atoms with Crippen LogP contribution in [0.3, 0.4) is 0 Å². The highest BCUT2D eigenvalue weighted by Gasteiger charge is 1.98. The van der Waals surface area contributed by atoms with E-state index in [0.717, 1.165) is 37.3 Å². The van der Waals surface area contributed by atoms with E-state index in [1.165, 1.54) is 0 Å². The van der Waals surface area contributed by atoms with E-state index >= 15 is 0 Å². The second-order valence-corrected chi connectivity index (χ2v) is 4.69. The lowest BCUT2D eigenvalue weighted by Gasteiger charge is -2.08. The van der Waals surface area contributed by atoms with Crippen molar-refractivity contribution in [2.24, 2.45) is 0 Å². The lowest BCUT2D eigenvalue weighted by atomic mass is 10.1. The average Bonchev–Trinajstić information content (AvgIpc) is 2.36. The molecule has 0 spiro atoms. The molecule has 0 heterocycles. The molecule has 0 aliphatic rings. The molecule has 0 aliphatic carbocycles. The smallest absolute Gasteiger partial charge is 0.126 e. The molecular weight excluding hydrogens is 222 g/mol. The maximum absolute atomic E-state index is 5.71. The summed E-state index contributed by atoms with van der Waals surface area (Å²) >= 11 is 0. The molecule has 0 radical (unpaired) electrons. The summed E-state index contributed by atoms with van der Waals surface area (Å²) in [6, 6.07) is 8.74. The Morgan fingerprint density at radius 3 is 2.78 bits per heavy atom. The Balaban J connectivity index is 2.47. The summed E-state index contributed by atoms with van der Waals surface area (Å²) in [4.78, 5) is 0. The van der Waals surface area contributed by atoms with Crippen molar-refractivity contribution in [2.45, 2.75) is 39.7 Å². The largest absolute Gasteiger partial charge is 0.493 e. The summed E-state index contributed by atoms with van der Waals surface area (Å²) in [6.07, 6.45) is 6.42. The molecule has 0 saturated carbocycles. The van der Waals surface area contributed by atoms with Crippen LogP contribution < -0.4 is 10.1 Å². The fourth-order valence-electron chi connectivity index (χ4n) is 1.63. The quantitative estimate of drug-likeness (QED) is 0.704. The second-order valence-electron chi connectivity index (χ2n) is 4.69. The van der Waals surface area contributed by atoms with E-state index in [-0.39, 0.29) is 0 Å². The zero-order valence-corrected chi connectivity index (χ0v) is 11.8. The number of nitrogens with one attached hydrogen (secondary N) is 1. The maximum Gasteiger partial charge on any atom is 0.126 e. The van der Waals surface area contributed by atoms with Gasteiger partial charge in [0.1, 0.15) is 5.75 Å². The van der Waals surface area contributed by atoms with Gasteiger partial charge in [0.2, 0.25) is 0 Å². The van der Waals surface area contributed by atoms with Crippen LogP contribution in [-0.2, 0) is 0 Å². The third-order valence-corrected chi connectivity index (χ3v) is 2.54. The van der Waals surface area contributed by atoms with Crippen LogP contribution in [0.4, 0.5) is 0 Å². The molecule has 0 bridgehead atoms. The van der Waals surface area contributed by atoms with E-state index < -0.39 is 0 Å². The van der Waals surface area contributed by atoms with Crippen molar-refractivity contribution < 1.29 is 4.74 Å². The van der Waals surface area contributed by atoms with Crippen molar-refractivity contribution in [2.75, 3.05) is 13.2 Å². The minimum atomic E-state index is 0.554. The van der Waals surface area contributed by atoms with Crippen LogP contribution in [0.25, 0.3) is 6.08 Å². The number of hydrogen-bond acceptors (Lipinski definition) is 2. The van der Waals surface area contributed by atoms with Crippen molar-refractivity contribution in [3.8, 4) is 5.75 Å². The van der Waals surface area contributed by atoms with Crippen LogP contribution >= 0.6 is 0 Å². The molecule has 100 valence electrons. The molecule has 0 atom stereocenters. The molecule has 0 aliphatic heterocycles. The van der Waals surface area contributed by atoms with Gasteiger partial charge in [-0.15, -0.1) is 0 Å². The number of benzene rings is 1. The van der Waals surface area contributed by atoms with Gasteiger partial charge in [0.05, 0.1) is 6.61 Å². The fraction of sp³-hybridized carbons (Fsp3) is 0.500. The Morgan fingerprint density at radius 2 is 2.06 bits per heavy atom. The number of ether oxygens (including phenoxy) is 1. The second kappa shape index (κ2) is 8.76. The molecule has 18 heavy (non-hydrogen) atoms. The van der Waals surface area contributed by atoms with E-state index in [4.69, 9.17) is 4.74 Å². The summed E-state index contributed by atoms with van der Waals surface area (Å²) in [6.45, 7) is 8.25. The Bertz CT molecular complexity index is 358. The van der Waals surface area contributed by atoms with E-state index in [1.807, 2.05) is 18.2 Å². The predicted octanol–water partition coefficient (Wildman–Crippen LogP) is 3.88. The van der Waals surface area contributed by atoms with Crippen LogP contribution in [0.1, 0.15) is 39.2 Å². The first-order valence-corrected chi connectivity index (χ1v) is 6.85. The van der Waals surface area contributed by atoms with Gasteiger partial charge in [-0.3, -0.25) is 0 Å². The van der Waals surface area contributed by atoms with E-state index in [1.54, 1.807) is 0 Å².